The first-order valence-corrected chi connectivity index (χ1v) is 11.5. The van der Waals surface area contributed by atoms with Crippen molar-refractivity contribution >= 4 is 11.8 Å². The van der Waals surface area contributed by atoms with Gasteiger partial charge in [0, 0.05) is 43.4 Å². The van der Waals surface area contributed by atoms with Gasteiger partial charge in [0.1, 0.15) is 17.4 Å². The molecule has 0 spiro atoms. The third kappa shape index (κ3) is 5.91. The van der Waals surface area contributed by atoms with E-state index in [0.29, 0.717) is 23.4 Å². The Morgan fingerprint density at radius 1 is 1.32 bits per heavy atom. The van der Waals surface area contributed by atoms with Crippen LogP contribution in [0, 0.1) is 23.7 Å². The quantitative estimate of drug-likeness (QED) is 0.683. The van der Waals surface area contributed by atoms with Crippen molar-refractivity contribution in [2.45, 2.75) is 39.8 Å². The number of rotatable bonds is 5. The summed E-state index contributed by atoms with van der Waals surface area (Å²) in [6, 6.07) is 6.49. The molecule has 8 heteroatoms. The van der Waals surface area contributed by atoms with Gasteiger partial charge in [0.25, 0.3) is 11.8 Å². The third-order valence-electron chi connectivity index (χ3n) is 5.71. The van der Waals surface area contributed by atoms with Gasteiger partial charge in [-0.3, -0.25) is 14.6 Å². The van der Waals surface area contributed by atoms with Crippen molar-refractivity contribution in [1.29, 1.82) is 0 Å². The minimum absolute atomic E-state index is 0.132. The Labute approximate surface area is 201 Å². The summed E-state index contributed by atoms with van der Waals surface area (Å²) in [6.45, 7) is 8.21. The summed E-state index contributed by atoms with van der Waals surface area (Å²) in [5.41, 5.74) is 1.26. The van der Waals surface area contributed by atoms with E-state index in [4.69, 9.17) is 4.74 Å². The number of likely N-dealkylation sites (N-methyl/N-ethyl adjacent to an activating group) is 1. The molecule has 2 aromatic heterocycles. The zero-order valence-electron chi connectivity index (χ0n) is 20.4. The molecule has 34 heavy (non-hydrogen) atoms. The van der Waals surface area contributed by atoms with Crippen LogP contribution in [-0.4, -0.2) is 75.6 Å². The van der Waals surface area contributed by atoms with E-state index in [1.807, 2.05) is 20.8 Å². The zero-order chi connectivity index (χ0) is 24.8. The molecule has 0 fully saturated rings. The number of aliphatic hydroxyl groups excluding tert-OH is 1. The number of carbonyl (C=O) groups excluding carboxylic acids is 2. The monoisotopic (exact) mass is 464 g/mol. The maximum Gasteiger partial charge on any atom is 0.272 e. The summed E-state index contributed by atoms with van der Waals surface area (Å²) >= 11 is 0. The average molecular weight is 465 g/mol. The molecule has 0 aromatic carbocycles. The molecule has 0 unspecified atom stereocenters. The molecule has 0 bridgehead atoms. The Balaban J connectivity index is 1.95. The Bertz CT molecular complexity index is 1080. The molecule has 1 aliphatic rings. The number of hydrogen-bond donors (Lipinski definition) is 1. The van der Waals surface area contributed by atoms with E-state index in [-0.39, 0.29) is 48.7 Å². The van der Waals surface area contributed by atoms with Crippen LogP contribution in [0.15, 0.2) is 36.7 Å². The highest BCUT2D eigenvalue weighted by molar-refractivity contribution is 5.97. The topological polar surface area (TPSA) is 95.9 Å². The second-order valence-corrected chi connectivity index (χ2v) is 9.02. The molecule has 0 saturated carbocycles. The fourth-order valence-corrected chi connectivity index (χ4v) is 3.65. The molecule has 0 aliphatic carbocycles. The molecule has 2 aromatic rings. The van der Waals surface area contributed by atoms with E-state index in [1.165, 1.54) is 0 Å². The summed E-state index contributed by atoms with van der Waals surface area (Å²) in [4.78, 5) is 38.0. The molecule has 0 saturated heterocycles. The zero-order valence-corrected chi connectivity index (χ0v) is 20.4. The van der Waals surface area contributed by atoms with Gasteiger partial charge in [-0.25, -0.2) is 4.98 Å². The van der Waals surface area contributed by atoms with E-state index in [0.717, 1.165) is 0 Å². The van der Waals surface area contributed by atoms with Crippen LogP contribution in [0.1, 0.15) is 54.1 Å². The third-order valence-corrected chi connectivity index (χ3v) is 5.71. The standard InChI is InChI=1S/C26H32N4O4/c1-17(2)9-10-20-12-21-24(28-13-20)34-23(18(3)14-30(25(21)32)19(4)16-31)15-29(5)26(33)22-8-6-7-11-27-22/h6-8,11-13,17-19,23,31H,14-16H2,1-5H3/t18-,19-,23+/m1/s1. The number of aromatic nitrogens is 2. The van der Waals surface area contributed by atoms with Crippen LogP contribution in [0.5, 0.6) is 5.88 Å². The maximum atomic E-state index is 13.4. The lowest BCUT2D eigenvalue weighted by Gasteiger charge is -2.37. The first-order valence-electron chi connectivity index (χ1n) is 11.5. The second-order valence-electron chi connectivity index (χ2n) is 9.02. The average Bonchev–Trinajstić information content (AvgIpc) is 2.84. The van der Waals surface area contributed by atoms with Crippen molar-refractivity contribution in [3.63, 3.8) is 0 Å². The van der Waals surface area contributed by atoms with Crippen molar-refractivity contribution in [1.82, 2.24) is 19.8 Å². The van der Waals surface area contributed by atoms with Crippen molar-refractivity contribution in [2.24, 2.45) is 11.8 Å². The van der Waals surface area contributed by atoms with Crippen molar-refractivity contribution in [3.05, 3.63) is 53.5 Å². The van der Waals surface area contributed by atoms with Gasteiger partial charge in [0.2, 0.25) is 5.88 Å². The molecule has 8 nitrogen and oxygen atoms in total. The first-order chi connectivity index (χ1) is 16.2. The Hall–Kier alpha value is -3.44. The fourth-order valence-electron chi connectivity index (χ4n) is 3.65. The normalized spacial score (nSPS) is 18.7. The van der Waals surface area contributed by atoms with Crippen molar-refractivity contribution < 1.29 is 19.4 Å². The Morgan fingerprint density at radius 2 is 2.09 bits per heavy atom. The fraction of sp³-hybridized carbons (Fsp3) is 0.462. The van der Waals surface area contributed by atoms with Crippen LogP contribution >= 0.6 is 0 Å². The highest BCUT2D eigenvalue weighted by Gasteiger charge is 2.34. The summed E-state index contributed by atoms with van der Waals surface area (Å²) < 4.78 is 6.24. The highest BCUT2D eigenvalue weighted by atomic mass is 16.5. The molecule has 1 aliphatic heterocycles. The molecular weight excluding hydrogens is 432 g/mol. The molecule has 3 heterocycles. The molecule has 0 radical (unpaired) electrons. The van der Waals surface area contributed by atoms with Gasteiger partial charge in [0.15, 0.2) is 0 Å². The minimum atomic E-state index is -0.432. The van der Waals surface area contributed by atoms with Crippen LogP contribution in [0.4, 0.5) is 0 Å². The predicted octanol–water partition coefficient (Wildman–Crippen LogP) is 2.48. The van der Waals surface area contributed by atoms with E-state index < -0.39 is 6.10 Å². The maximum absolute atomic E-state index is 13.4. The first kappa shape index (κ1) is 25.2. The number of aliphatic hydroxyl groups is 1. The van der Waals surface area contributed by atoms with E-state index in [9.17, 15) is 14.7 Å². The Kier molecular flexibility index (Phi) is 8.24. The van der Waals surface area contributed by atoms with Gasteiger partial charge in [0.05, 0.1) is 19.2 Å². The summed E-state index contributed by atoms with van der Waals surface area (Å²) in [7, 11) is 1.70. The SMILES string of the molecule is CC(C)C#Cc1cnc2c(c1)C(=O)N([C@H](C)CO)C[C@@H](C)[C@H](CN(C)C(=O)c1ccccn1)O2. The van der Waals surface area contributed by atoms with Crippen molar-refractivity contribution in [3.8, 4) is 17.7 Å². The van der Waals surface area contributed by atoms with Crippen LogP contribution < -0.4 is 4.74 Å². The molecular formula is C26H32N4O4. The summed E-state index contributed by atoms with van der Waals surface area (Å²) in [5, 5.41) is 9.79. The van der Waals surface area contributed by atoms with Crippen LogP contribution in [0.3, 0.4) is 0 Å². The number of ether oxygens (including phenoxy) is 1. The van der Waals surface area contributed by atoms with Gasteiger partial charge in [-0.05, 0) is 25.1 Å². The smallest absolute Gasteiger partial charge is 0.272 e. The predicted molar refractivity (Wildman–Crippen MR) is 128 cm³/mol. The summed E-state index contributed by atoms with van der Waals surface area (Å²) in [6.07, 6.45) is 2.74. The number of pyridine rings is 2. The number of amides is 2. The number of carbonyl (C=O) groups is 2. The van der Waals surface area contributed by atoms with Gasteiger partial charge in [-0.2, -0.15) is 0 Å². The van der Waals surface area contributed by atoms with Gasteiger partial charge >= 0.3 is 0 Å². The highest BCUT2D eigenvalue weighted by Crippen LogP contribution is 2.27. The number of fused-ring (bicyclic) bond motifs is 1. The van der Waals surface area contributed by atoms with Gasteiger partial charge < -0.3 is 19.6 Å². The van der Waals surface area contributed by atoms with E-state index in [1.54, 1.807) is 60.4 Å². The van der Waals surface area contributed by atoms with Crippen LogP contribution in [0.25, 0.3) is 0 Å². The molecule has 2 amide bonds. The summed E-state index contributed by atoms with van der Waals surface area (Å²) in [5.74, 6) is 5.89. The number of hydrogen-bond acceptors (Lipinski definition) is 6. The Morgan fingerprint density at radius 3 is 2.74 bits per heavy atom. The largest absolute Gasteiger partial charge is 0.472 e. The lowest BCUT2D eigenvalue weighted by Crippen LogP contribution is -2.50. The van der Waals surface area contributed by atoms with Crippen LogP contribution in [-0.2, 0) is 0 Å². The lowest BCUT2D eigenvalue weighted by molar-refractivity contribution is 0.0312. The molecule has 1 N–H and O–H groups in total. The second kappa shape index (κ2) is 11.1. The van der Waals surface area contributed by atoms with Gasteiger partial charge in [-0.1, -0.05) is 38.7 Å². The van der Waals surface area contributed by atoms with E-state index in [2.05, 4.69) is 21.8 Å². The molecule has 180 valence electrons. The van der Waals surface area contributed by atoms with Crippen molar-refractivity contribution in [2.75, 3.05) is 26.7 Å². The molecule has 3 rings (SSSR count). The van der Waals surface area contributed by atoms with Gasteiger partial charge in [-0.15, -0.1) is 0 Å². The van der Waals surface area contributed by atoms with Crippen LogP contribution in [0.2, 0.25) is 0 Å². The van der Waals surface area contributed by atoms with E-state index >= 15 is 0 Å². The minimum Gasteiger partial charge on any atom is -0.472 e. The molecule has 3 atom stereocenters. The lowest BCUT2D eigenvalue weighted by atomic mass is 9.99. The number of nitrogens with zero attached hydrogens (tertiary/aromatic N) is 4.